The second kappa shape index (κ2) is 6.09. The van der Waals surface area contributed by atoms with Crippen molar-refractivity contribution in [2.24, 2.45) is 0 Å². The number of methoxy groups -OCH3 is 1. The molecule has 5 nitrogen and oxygen atoms in total. The number of carboxylic acids is 1. The fourth-order valence-corrected chi connectivity index (χ4v) is 1.96. The molecule has 1 amide bonds. The molecule has 0 saturated heterocycles. The number of carbonyl (C=O) groups is 2. The first kappa shape index (κ1) is 14.6. The highest BCUT2D eigenvalue weighted by molar-refractivity contribution is 6.05. The summed E-state index contributed by atoms with van der Waals surface area (Å²) in [6.07, 6.45) is 0. The van der Waals surface area contributed by atoms with Gasteiger partial charge in [0.1, 0.15) is 5.75 Å². The van der Waals surface area contributed by atoms with Crippen LogP contribution >= 0.6 is 0 Å². The largest absolute Gasteiger partial charge is 0.497 e. The van der Waals surface area contributed by atoms with Gasteiger partial charge in [-0.3, -0.25) is 4.79 Å². The molecular formula is C16H15NO4. The third-order valence-electron chi connectivity index (χ3n) is 3.14. The molecule has 0 fully saturated rings. The Morgan fingerprint density at radius 1 is 1.14 bits per heavy atom. The van der Waals surface area contributed by atoms with Gasteiger partial charge in [-0.15, -0.1) is 0 Å². The van der Waals surface area contributed by atoms with Crippen molar-refractivity contribution in [1.82, 2.24) is 0 Å². The molecule has 0 spiro atoms. The lowest BCUT2D eigenvalue weighted by Crippen LogP contribution is -2.14. The Morgan fingerprint density at radius 2 is 1.86 bits per heavy atom. The smallest absolute Gasteiger partial charge is 0.336 e. The molecule has 0 heterocycles. The average molecular weight is 285 g/mol. The van der Waals surface area contributed by atoms with Crippen LogP contribution in [0, 0.1) is 6.92 Å². The summed E-state index contributed by atoms with van der Waals surface area (Å²) >= 11 is 0. The van der Waals surface area contributed by atoms with Gasteiger partial charge in [-0.05, 0) is 42.8 Å². The van der Waals surface area contributed by atoms with E-state index in [9.17, 15) is 9.59 Å². The van der Waals surface area contributed by atoms with E-state index in [0.717, 1.165) is 0 Å². The number of hydrogen-bond donors (Lipinski definition) is 2. The highest BCUT2D eigenvalue weighted by Crippen LogP contribution is 2.20. The van der Waals surface area contributed by atoms with Crippen LogP contribution < -0.4 is 10.1 Å². The summed E-state index contributed by atoms with van der Waals surface area (Å²) in [6, 6.07) is 11.5. The molecule has 2 N–H and O–H groups in total. The lowest BCUT2D eigenvalue weighted by atomic mass is 10.1. The minimum Gasteiger partial charge on any atom is -0.497 e. The standard InChI is InChI=1S/C16H15NO4/c1-10-13(16(19)20)7-4-8-14(10)17-15(18)11-5-3-6-12(9-11)21-2/h3-9H,1-2H3,(H,17,18)(H,19,20). The van der Waals surface area contributed by atoms with Gasteiger partial charge >= 0.3 is 5.97 Å². The molecule has 2 aromatic carbocycles. The predicted molar refractivity (Wildman–Crippen MR) is 79.1 cm³/mol. The number of benzene rings is 2. The molecule has 21 heavy (non-hydrogen) atoms. The molecule has 0 aliphatic carbocycles. The highest BCUT2D eigenvalue weighted by atomic mass is 16.5. The zero-order valence-electron chi connectivity index (χ0n) is 11.7. The molecule has 0 aliphatic heterocycles. The SMILES string of the molecule is COc1cccc(C(=O)Nc2cccc(C(=O)O)c2C)c1. The number of rotatable bonds is 4. The van der Waals surface area contributed by atoms with Crippen molar-refractivity contribution >= 4 is 17.6 Å². The van der Waals surface area contributed by atoms with Gasteiger partial charge in [0, 0.05) is 11.3 Å². The van der Waals surface area contributed by atoms with Crippen LogP contribution in [0.15, 0.2) is 42.5 Å². The van der Waals surface area contributed by atoms with Crippen molar-refractivity contribution in [3.8, 4) is 5.75 Å². The molecule has 5 heteroatoms. The number of carbonyl (C=O) groups excluding carboxylic acids is 1. The van der Waals surface area contributed by atoms with Crippen LogP contribution in [0.5, 0.6) is 5.75 Å². The van der Waals surface area contributed by atoms with Gasteiger partial charge in [0.2, 0.25) is 0 Å². The maximum Gasteiger partial charge on any atom is 0.336 e. The highest BCUT2D eigenvalue weighted by Gasteiger charge is 2.13. The first-order chi connectivity index (χ1) is 10.0. The predicted octanol–water partition coefficient (Wildman–Crippen LogP) is 2.95. The normalized spacial score (nSPS) is 10.0. The van der Waals surface area contributed by atoms with Crippen LogP contribution in [0.4, 0.5) is 5.69 Å². The van der Waals surface area contributed by atoms with Crippen molar-refractivity contribution in [3.63, 3.8) is 0 Å². The Balaban J connectivity index is 2.27. The van der Waals surface area contributed by atoms with Crippen LogP contribution in [0.3, 0.4) is 0 Å². The van der Waals surface area contributed by atoms with Crippen molar-refractivity contribution in [3.05, 3.63) is 59.2 Å². The molecular weight excluding hydrogens is 270 g/mol. The Hall–Kier alpha value is -2.82. The second-order valence-corrected chi connectivity index (χ2v) is 4.47. The first-order valence-electron chi connectivity index (χ1n) is 6.31. The number of amides is 1. The van der Waals surface area contributed by atoms with Gasteiger partial charge in [-0.2, -0.15) is 0 Å². The van der Waals surface area contributed by atoms with Gasteiger partial charge in [0.25, 0.3) is 5.91 Å². The molecule has 0 radical (unpaired) electrons. The summed E-state index contributed by atoms with van der Waals surface area (Å²) in [6.45, 7) is 1.66. The Bertz CT molecular complexity index is 694. The molecule has 0 bridgehead atoms. The molecule has 0 unspecified atom stereocenters. The lowest BCUT2D eigenvalue weighted by molar-refractivity contribution is 0.0695. The summed E-state index contributed by atoms with van der Waals surface area (Å²) < 4.78 is 5.07. The molecule has 108 valence electrons. The van der Waals surface area contributed by atoms with Crippen molar-refractivity contribution in [1.29, 1.82) is 0 Å². The Labute approximate surface area is 122 Å². The number of anilines is 1. The van der Waals surface area contributed by atoms with E-state index in [1.54, 1.807) is 43.3 Å². The van der Waals surface area contributed by atoms with Crippen LogP contribution in [-0.2, 0) is 0 Å². The van der Waals surface area contributed by atoms with E-state index >= 15 is 0 Å². The quantitative estimate of drug-likeness (QED) is 0.905. The maximum atomic E-state index is 12.2. The second-order valence-electron chi connectivity index (χ2n) is 4.47. The van der Waals surface area contributed by atoms with Crippen molar-refractivity contribution < 1.29 is 19.4 Å². The molecule has 0 aromatic heterocycles. The number of aromatic carboxylic acids is 1. The zero-order chi connectivity index (χ0) is 15.4. The van der Waals surface area contributed by atoms with E-state index in [0.29, 0.717) is 22.6 Å². The summed E-state index contributed by atoms with van der Waals surface area (Å²) in [5.41, 5.74) is 1.59. The van der Waals surface area contributed by atoms with Crippen molar-refractivity contribution in [2.45, 2.75) is 6.92 Å². The third kappa shape index (κ3) is 3.20. The van der Waals surface area contributed by atoms with E-state index in [1.807, 2.05) is 0 Å². The van der Waals surface area contributed by atoms with Gasteiger partial charge in [0.05, 0.1) is 12.7 Å². The third-order valence-corrected chi connectivity index (χ3v) is 3.14. The van der Waals surface area contributed by atoms with Gasteiger partial charge in [-0.25, -0.2) is 4.79 Å². The van der Waals surface area contributed by atoms with E-state index in [2.05, 4.69) is 5.32 Å². The maximum absolute atomic E-state index is 12.2. The topological polar surface area (TPSA) is 75.6 Å². The Morgan fingerprint density at radius 3 is 2.52 bits per heavy atom. The zero-order valence-corrected chi connectivity index (χ0v) is 11.7. The number of carboxylic acid groups (broad SMARTS) is 1. The molecule has 2 aromatic rings. The summed E-state index contributed by atoms with van der Waals surface area (Å²) in [7, 11) is 1.53. The lowest BCUT2D eigenvalue weighted by Gasteiger charge is -2.11. The fourth-order valence-electron chi connectivity index (χ4n) is 1.96. The van der Waals surface area contributed by atoms with Gasteiger partial charge in [-0.1, -0.05) is 12.1 Å². The summed E-state index contributed by atoms with van der Waals surface area (Å²) in [5.74, 6) is -0.761. The first-order valence-corrected chi connectivity index (χ1v) is 6.31. The molecule has 2 rings (SSSR count). The van der Waals surface area contributed by atoms with Gasteiger partial charge in [0.15, 0.2) is 0 Å². The van der Waals surface area contributed by atoms with Crippen LogP contribution in [0.25, 0.3) is 0 Å². The Kier molecular flexibility index (Phi) is 4.23. The van der Waals surface area contributed by atoms with Crippen molar-refractivity contribution in [2.75, 3.05) is 12.4 Å². The summed E-state index contributed by atoms with van der Waals surface area (Å²) in [4.78, 5) is 23.3. The number of ether oxygens (including phenoxy) is 1. The number of nitrogens with one attached hydrogen (secondary N) is 1. The minimum absolute atomic E-state index is 0.165. The van der Waals surface area contributed by atoms with Crippen LogP contribution in [-0.4, -0.2) is 24.1 Å². The monoisotopic (exact) mass is 285 g/mol. The van der Waals surface area contributed by atoms with E-state index < -0.39 is 5.97 Å². The van der Waals surface area contributed by atoms with Gasteiger partial charge < -0.3 is 15.2 Å². The molecule has 0 aliphatic rings. The van der Waals surface area contributed by atoms with E-state index in [-0.39, 0.29) is 11.5 Å². The van der Waals surface area contributed by atoms with E-state index in [4.69, 9.17) is 9.84 Å². The minimum atomic E-state index is -1.02. The molecule has 0 atom stereocenters. The van der Waals surface area contributed by atoms with Crippen LogP contribution in [0.1, 0.15) is 26.3 Å². The fraction of sp³-hybridized carbons (Fsp3) is 0.125. The number of hydrogen-bond acceptors (Lipinski definition) is 3. The molecule has 0 saturated carbocycles. The summed E-state index contributed by atoms with van der Waals surface area (Å²) in [5, 5.41) is 11.8. The van der Waals surface area contributed by atoms with Crippen LogP contribution in [0.2, 0.25) is 0 Å². The van der Waals surface area contributed by atoms with E-state index in [1.165, 1.54) is 13.2 Å². The average Bonchev–Trinajstić information content (AvgIpc) is 2.49.